The highest BCUT2D eigenvalue weighted by Gasteiger charge is 2.34. The quantitative estimate of drug-likeness (QED) is 0.535. The molecule has 0 amide bonds. The van der Waals surface area contributed by atoms with Gasteiger partial charge in [-0.05, 0) is 76.8 Å². The number of thiophene rings is 1. The first-order valence-corrected chi connectivity index (χ1v) is 11.7. The van der Waals surface area contributed by atoms with Crippen molar-refractivity contribution in [3.8, 4) is 27.4 Å². The van der Waals surface area contributed by atoms with Crippen LogP contribution in [0.1, 0.15) is 55.0 Å². The first-order valence-electron chi connectivity index (χ1n) is 10.9. The number of rotatable bonds is 5. The topological polar surface area (TPSA) is 73.6 Å². The third-order valence-corrected chi connectivity index (χ3v) is 6.66. The molecule has 1 aliphatic heterocycles. The van der Waals surface area contributed by atoms with E-state index in [0.29, 0.717) is 5.56 Å². The molecule has 170 valence electrons. The minimum absolute atomic E-state index is 0.609. The molecule has 0 radical (unpaired) electrons. The highest BCUT2D eigenvalue weighted by molar-refractivity contribution is 7.16. The second-order valence-corrected chi connectivity index (χ2v) is 10.5. The lowest BCUT2D eigenvalue weighted by molar-refractivity contribution is -0.160. The van der Waals surface area contributed by atoms with Gasteiger partial charge in [0.25, 0.3) is 0 Å². The first-order chi connectivity index (χ1) is 15.0. The maximum absolute atomic E-state index is 12.4. The van der Waals surface area contributed by atoms with E-state index < -0.39 is 17.7 Å². The Morgan fingerprint density at radius 1 is 1.28 bits per heavy atom. The van der Waals surface area contributed by atoms with Crippen LogP contribution in [0.4, 0.5) is 0 Å². The summed E-state index contributed by atoms with van der Waals surface area (Å²) in [4.78, 5) is 14.3. The smallest absolute Gasteiger partial charge is 0.337 e. The van der Waals surface area contributed by atoms with Crippen LogP contribution in [0.5, 0.6) is 5.75 Å². The Labute approximate surface area is 192 Å². The number of aryl methyl sites for hydroxylation is 4. The molecule has 0 aliphatic carbocycles. The molecule has 3 aromatic rings. The summed E-state index contributed by atoms with van der Waals surface area (Å²) >= 11 is 1.59. The van der Waals surface area contributed by atoms with Gasteiger partial charge in [-0.25, -0.2) is 4.79 Å². The Morgan fingerprint density at radius 2 is 2.03 bits per heavy atom. The van der Waals surface area contributed by atoms with Crippen molar-refractivity contribution in [3.63, 3.8) is 0 Å². The summed E-state index contributed by atoms with van der Waals surface area (Å²) in [5.74, 6) is -0.0803. The molecule has 1 N–H and O–H groups in total. The van der Waals surface area contributed by atoms with Gasteiger partial charge in [-0.1, -0.05) is 6.07 Å². The molecule has 0 spiro atoms. The van der Waals surface area contributed by atoms with Gasteiger partial charge >= 0.3 is 5.97 Å². The summed E-state index contributed by atoms with van der Waals surface area (Å²) in [7, 11) is 1.92. The summed E-state index contributed by atoms with van der Waals surface area (Å²) in [6, 6.07) is 8.21. The number of hydrogen-bond donors (Lipinski definition) is 1. The SMILES string of the molecule is Cc1cc(-c2sc(C)c(C(OC(C)(C)C)C(=O)O)c2-c2ccc3c(c2)CCCO3)n(C)n1. The van der Waals surface area contributed by atoms with E-state index in [2.05, 4.69) is 11.2 Å². The molecule has 0 saturated carbocycles. The standard InChI is InChI=1S/C25H30N2O4S/c1-14-12-18(27(6)26-14)23-21(17-9-10-19-16(13-17)8-7-11-30-19)20(15(2)32-23)22(24(28)29)31-25(3,4)5/h9-10,12-13,22H,7-8,11H2,1-6H3,(H,28,29). The monoisotopic (exact) mass is 454 g/mol. The average molecular weight is 455 g/mol. The number of hydrogen-bond acceptors (Lipinski definition) is 5. The van der Waals surface area contributed by atoms with Crippen LogP contribution < -0.4 is 4.74 Å². The zero-order chi connectivity index (χ0) is 23.2. The predicted molar refractivity (Wildman–Crippen MR) is 126 cm³/mol. The molecule has 0 saturated heterocycles. The maximum atomic E-state index is 12.4. The number of aromatic nitrogens is 2. The second kappa shape index (κ2) is 8.37. The largest absolute Gasteiger partial charge is 0.493 e. The number of carboxylic acid groups (broad SMARTS) is 1. The van der Waals surface area contributed by atoms with E-state index in [-0.39, 0.29) is 0 Å². The van der Waals surface area contributed by atoms with Crippen molar-refractivity contribution in [2.24, 2.45) is 7.05 Å². The molecule has 2 aromatic heterocycles. The number of nitrogens with zero attached hydrogens (tertiary/aromatic N) is 2. The molecule has 1 aliphatic rings. The third kappa shape index (κ3) is 4.32. The van der Waals surface area contributed by atoms with Crippen molar-refractivity contribution >= 4 is 17.3 Å². The molecule has 1 aromatic carbocycles. The highest BCUT2D eigenvalue weighted by atomic mass is 32.1. The maximum Gasteiger partial charge on any atom is 0.337 e. The van der Waals surface area contributed by atoms with Crippen molar-refractivity contribution in [2.75, 3.05) is 6.61 Å². The van der Waals surface area contributed by atoms with Gasteiger partial charge in [0, 0.05) is 23.1 Å². The predicted octanol–water partition coefficient (Wildman–Crippen LogP) is 5.70. The molecule has 6 nitrogen and oxygen atoms in total. The Hall–Kier alpha value is -2.64. The van der Waals surface area contributed by atoms with Gasteiger partial charge in [0.2, 0.25) is 0 Å². The van der Waals surface area contributed by atoms with Crippen LogP contribution in [0.2, 0.25) is 0 Å². The van der Waals surface area contributed by atoms with Crippen LogP contribution in [0.3, 0.4) is 0 Å². The van der Waals surface area contributed by atoms with Gasteiger partial charge in [0.1, 0.15) is 5.75 Å². The molecule has 0 fully saturated rings. The van der Waals surface area contributed by atoms with E-state index in [1.807, 2.05) is 64.5 Å². The Kier molecular flexibility index (Phi) is 5.90. The Morgan fingerprint density at radius 3 is 2.66 bits per heavy atom. The molecule has 3 heterocycles. The van der Waals surface area contributed by atoms with Gasteiger partial charge in [-0.3, -0.25) is 4.68 Å². The number of carboxylic acids is 1. The minimum atomic E-state index is -1.07. The van der Waals surface area contributed by atoms with Gasteiger partial charge in [0.15, 0.2) is 6.10 Å². The summed E-state index contributed by atoms with van der Waals surface area (Å²) in [5, 5.41) is 14.7. The van der Waals surface area contributed by atoms with Crippen LogP contribution in [0.15, 0.2) is 24.3 Å². The Balaban J connectivity index is 1.98. The molecule has 32 heavy (non-hydrogen) atoms. The average Bonchev–Trinajstić information content (AvgIpc) is 3.23. The van der Waals surface area contributed by atoms with Crippen molar-refractivity contribution in [1.82, 2.24) is 9.78 Å². The molecule has 1 unspecified atom stereocenters. The van der Waals surface area contributed by atoms with E-state index in [4.69, 9.17) is 9.47 Å². The van der Waals surface area contributed by atoms with Gasteiger partial charge in [-0.15, -0.1) is 11.3 Å². The Bertz CT molecular complexity index is 1170. The van der Waals surface area contributed by atoms with Crippen LogP contribution in [0.25, 0.3) is 21.7 Å². The fourth-order valence-electron chi connectivity index (χ4n) is 4.27. The first kappa shape index (κ1) is 22.6. The fourth-order valence-corrected chi connectivity index (χ4v) is 5.52. The summed E-state index contributed by atoms with van der Waals surface area (Å²) in [6.07, 6.45) is 0.851. The molecule has 4 rings (SSSR count). The second-order valence-electron chi connectivity index (χ2n) is 9.29. The molecule has 1 atom stereocenters. The number of fused-ring (bicyclic) bond motifs is 1. The lowest BCUT2D eigenvalue weighted by Gasteiger charge is -2.26. The summed E-state index contributed by atoms with van der Waals surface area (Å²) in [6.45, 7) is 10.3. The van der Waals surface area contributed by atoms with Crippen LogP contribution in [-0.2, 0) is 23.0 Å². The molecular weight excluding hydrogens is 424 g/mol. The van der Waals surface area contributed by atoms with Crippen molar-refractivity contribution in [2.45, 2.75) is 59.2 Å². The lowest BCUT2D eigenvalue weighted by Crippen LogP contribution is -2.27. The number of aliphatic carboxylic acids is 1. The molecule has 0 bridgehead atoms. The summed E-state index contributed by atoms with van der Waals surface area (Å²) < 4.78 is 13.8. The van der Waals surface area contributed by atoms with Crippen LogP contribution >= 0.6 is 11.3 Å². The van der Waals surface area contributed by atoms with Crippen LogP contribution in [0, 0.1) is 13.8 Å². The van der Waals surface area contributed by atoms with E-state index in [0.717, 1.165) is 63.0 Å². The van der Waals surface area contributed by atoms with Crippen molar-refractivity contribution in [3.05, 3.63) is 46.0 Å². The van der Waals surface area contributed by atoms with E-state index in [9.17, 15) is 9.90 Å². The number of ether oxygens (including phenoxy) is 2. The zero-order valence-corrected chi connectivity index (χ0v) is 20.3. The lowest BCUT2D eigenvalue weighted by atomic mass is 9.92. The van der Waals surface area contributed by atoms with E-state index in [1.165, 1.54) is 0 Å². The number of benzene rings is 1. The minimum Gasteiger partial charge on any atom is -0.493 e. The highest BCUT2D eigenvalue weighted by Crippen LogP contribution is 2.48. The van der Waals surface area contributed by atoms with Crippen molar-refractivity contribution < 1.29 is 19.4 Å². The van der Waals surface area contributed by atoms with E-state index >= 15 is 0 Å². The normalized spacial score (nSPS) is 14.7. The summed E-state index contributed by atoms with van der Waals surface area (Å²) in [5.41, 5.74) is 5.02. The van der Waals surface area contributed by atoms with Crippen LogP contribution in [-0.4, -0.2) is 33.1 Å². The van der Waals surface area contributed by atoms with Gasteiger partial charge < -0.3 is 14.6 Å². The zero-order valence-electron chi connectivity index (χ0n) is 19.5. The third-order valence-electron chi connectivity index (χ3n) is 5.52. The van der Waals surface area contributed by atoms with Gasteiger partial charge in [-0.2, -0.15) is 5.10 Å². The van der Waals surface area contributed by atoms with Crippen molar-refractivity contribution in [1.29, 1.82) is 0 Å². The molecule has 7 heteroatoms. The van der Waals surface area contributed by atoms with E-state index in [1.54, 1.807) is 11.3 Å². The molecular formula is C25H30N2O4S. The fraction of sp³-hybridized carbons (Fsp3) is 0.440. The number of carbonyl (C=O) groups is 1. The van der Waals surface area contributed by atoms with Gasteiger partial charge in [0.05, 0.1) is 28.5 Å².